The number of allylic oxidation sites excluding steroid dienone is 1. The fraction of sp³-hybridized carbons (Fsp3) is 0.472. The predicted octanol–water partition coefficient (Wildman–Crippen LogP) is 4.70. The number of unbranched alkanes of at least 4 members (excludes halogenated alkanes) is 1. The minimum Gasteiger partial charge on any atom is -0.465 e. The number of esters is 1. The second-order valence-electron chi connectivity index (χ2n) is 12.6. The third kappa shape index (κ3) is 5.39. The van der Waals surface area contributed by atoms with E-state index in [0.29, 0.717) is 32.1 Å². The number of nitrogens with zero attached hydrogens (tertiary/aromatic N) is 2. The summed E-state index contributed by atoms with van der Waals surface area (Å²) in [5.74, 6) is -2.92. The highest BCUT2D eigenvalue weighted by molar-refractivity contribution is 6.05. The van der Waals surface area contributed by atoms with Crippen molar-refractivity contribution >= 4 is 23.5 Å². The third-order valence-electron chi connectivity index (χ3n) is 9.65. The number of rotatable bonds is 13. The highest BCUT2D eigenvalue weighted by Crippen LogP contribution is 2.64. The fourth-order valence-corrected chi connectivity index (χ4v) is 7.62. The molecule has 2 bridgehead atoms. The van der Waals surface area contributed by atoms with Gasteiger partial charge in [-0.3, -0.25) is 14.4 Å². The quantitative estimate of drug-likeness (QED) is 0.204. The largest absolute Gasteiger partial charge is 0.465 e. The summed E-state index contributed by atoms with van der Waals surface area (Å²) in [6.45, 7) is 13.5. The van der Waals surface area contributed by atoms with Crippen molar-refractivity contribution in [2.75, 3.05) is 24.7 Å². The Balaban J connectivity index is 1.60. The van der Waals surface area contributed by atoms with Crippen LogP contribution in [0.3, 0.4) is 0 Å². The number of aliphatic hydroxyl groups excluding tert-OH is 1. The van der Waals surface area contributed by atoms with Gasteiger partial charge in [-0.15, -0.1) is 13.2 Å². The van der Waals surface area contributed by atoms with Gasteiger partial charge in [-0.1, -0.05) is 54.6 Å². The molecule has 44 heavy (non-hydrogen) atoms. The molecule has 2 amide bonds. The van der Waals surface area contributed by atoms with Crippen molar-refractivity contribution in [1.82, 2.24) is 4.90 Å². The lowest BCUT2D eigenvalue weighted by atomic mass is 9.66. The standard InChI is InChI=1S/C36H44N2O6/c1-6-8-12-20-43-34(42)30-29-32(40)38(27(23-39)22-26-13-10-9-11-14-26)31(36(29)18-17-35(30,5)44-36)33(41)37(19-7-2)28-21-24(3)15-16-25(28)4/h6-7,9-11,13-16,21,27,29-31,39H,1-2,8,12,17-20,22-23H2,3-5H3/t27-,29+,30+,31?,35-,36?/m1/s1. The number of hydrogen-bond donors (Lipinski definition) is 1. The Morgan fingerprint density at radius 1 is 1.16 bits per heavy atom. The van der Waals surface area contributed by atoms with E-state index in [1.807, 2.05) is 69.3 Å². The molecule has 3 aliphatic rings. The summed E-state index contributed by atoms with van der Waals surface area (Å²) in [4.78, 5) is 46.5. The number of aryl methyl sites for hydroxylation is 2. The van der Waals surface area contributed by atoms with Gasteiger partial charge in [-0.25, -0.2) is 0 Å². The van der Waals surface area contributed by atoms with Crippen molar-refractivity contribution in [2.24, 2.45) is 11.8 Å². The van der Waals surface area contributed by atoms with Gasteiger partial charge in [0.2, 0.25) is 5.91 Å². The molecule has 3 fully saturated rings. The van der Waals surface area contributed by atoms with Gasteiger partial charge < -0.3 is 24.4 Å². The number of hydrogen-bond acceptors (Lipinski definition) is 6. The van der Waals surface area contributed by atoms with Crippen LogP contribution in [-0.4, -0.2) is 70.8 Å². The first-order valence-electron chi connectivity index (χ1n) is 15.6. The number of ether oxygens (including phenoxy) is 2. The van der Waals surface area contributed by atoms with Gasteiger partial charge in [0.05, 0.1) is 30.8 Å². The number of fused-ring (bicyclic) bond motifs is 1. The summed E-state index contributed by atoms with van der Waals surface area (Å²) in [7, 11) is 0. The normalized spacial score (nSPS) is 27.6. The average molecular weight is 601 g/mol. The van der Waals surface area contributed by atoms with E-state index in [2.05, 4.69) is 13.2 Å². The fourth-order valence-electron chi connectivity index (χ4n) is 7.62. The topological polar surface area (TPSA) is 96.4 Å². The van der Waals surface area contributed by atoms with Crippen molar-refractivity contribution in [3.63, 3.8) is 0 Å². The molecule has 0 saturated carbocycles. The molecule has 0 aliphatic carbocycles. The number of anilines is 1. The van der Waals surface area contributed by atoms with Gasteiger partial charge in [0, 0.05) is 12.2 Å². The summed E-state index contributed by atoms with van der Waals surface area (Å²) in [5, 5.41) is 10.8. The minimum absolute atomic E-state index is 0.213. The van der Waals surface area contributed by atoms with Crippen LogP contribution in [0.2, 0.25) is 0 Å². The first-order chi connectivity index (χ1) is 21.1. The maximum Gasteiger partial charge on any atom is 0.312 e. The van der Waals surface area contributed by atoms with Crippen molar-refractivity contribution in [3.05, 3.63) is 90.5 Å². The lowest BCUT2D eigenvalue weighted by molar-refractivity contribution is -0.160. The molecular weight excluding hydrogens is 556 g/mol. The van der Waals surface area contributed by atoms with E-state index in [0.717, 1.165) is 22.4 Å². The Kier molecular flexibility index (Phi) is 9.14. The molecule has 5 rings (SSSR count). The van der Waals surface area contributed by atoms with E-state index in [9.17, 15) is 19.5 Å². The Labute approximate surface area is 260 Å². The second-order valence-corrected chi connectivity index (χ2v) is 12.6. The minimum atomic E-state index is -1.24. The highest BCUT2D eigenvalue weighted by Gasteiger charge is 2.79. The summed E-state index contributed by atoms with van der Waals surface area (Å²) >= 11 is 0. The van der Waals surface area contributed by atoms with Gasteiger partial charge in [0.25, 0.3) is 5.91 Å². The van der Waals surface area contributed by atoms with Crippen molar-refractivity contribution < 1.29 is 29.0 Å². The van der Waals surface area contributed by atoms with Crippen LogP contribution in [0.4, 0.5) is 5.69 Å². The molecular formula is C36H44N2O6. The molecule has 3 heterocycles. The van der Waals surface area contributed by atoms with E-state index in [4.69, 9.17) is 9.47 Å². The van der Waals surface area contributed by atoms with Crippen LogP contribution >= 0.6 is 0 Å². The molecule has 2 aromatic rings. The second kappa shape index (κ2) is 12.7. The molecule has 234 valence electrons. The van der Waals surface area contributed by atoms with E-state index in [1.54, 1.807) is 17.1 Å². The van der Waals surface area contributed by atoms with Gasteiger partial charge in [-0.05, 0) is 75.6 Å². The summed E-state index contributed by atoms with van der Waals surface area (Å²) in [6.07, 6.45) is 6.06. The monoisotopic (exact) mass is 600 g/mol. The molecule has 0 radical (unpaired) electrons. The van der Waals surface area contributed by atoms with E-state index >= 15 is 0 Å². The molecule has 1 spiro atoms. The maximum absolute atomic E-state index is 15.0. The van der Waals surface area contributed by atoms with Crippen LogP contribution in [0.15, 0.2) is 73.8 Å². The number of carbonyl (C=O) groups excluding carboxylic acids is 3. The molecule has 8 heteroatoms. The zero-order valence-corrected chi connectivity index (χ0v) is 26.0. The molecule has 3 aliphatic heterocycles. The predicted molar refractivity (Wildman–Crippen MR) is 169 cm³/mol. The first kappa shape index (κ1) is 31.7. The van der Waals surface area contributed by atoms with Crippen molar-refractivity contribution in [1.29, 1.82) is 0 Å². The lowest BCUT2D eigenvalue weighted by Crippen LogP contribution is -2.59. The molecule has 3 saturated heterocycles. The Morgan fingerprint density at radius 2 is 1.91 bits per heavy atom. The summed E-state index contributed by atoms with van der Waals surface area (Å²) < 4.78 is 12.5. The number of benzene rings is 2. The zero-order chi connectivity index (χ0) is 31.6. The Morgan fingerprint density at radius 3 is 2.59 bits per heavy atom. The summed E-state index contributed by atoms with van der Waals surface area (Å²) in [5.41, 5.74) is 1.36. The summed E-state index contributed by atoms with van der Waals surface area (Å²) in [6, 6.07) is 13.7. The van der Waals surface area contributed by atoms with Gasteiger partial charge in [0.1, 0.15) is 17.6 Å². The number of carbonyl (C=O) groups is 3. The van der Waals surface area contributed by atoms with E-state index in [1.165, 1.54) is 4.90 Å². The number of amides is 2. The van der Waals surface area contributed by atoms with Gasteiger partial charge in [0.15, 0.2) is 0 Å². The third-order valence-corrected chi connectivity index (χ3v) is 9.65. The van der Waals surface area contributed by atoms with Gasteiger partial charge in [-0.2, -0.15) is 0 Å². The van der Waals surface area contributed by atoms with Crippen LogP contribution in [-0.2, 0) is 30.3 Å². The lowest BCUT2D eigenvalue weighted by Gasteiger charge is -2.40. The van der Waals surface area contributed by atoms with E-state index < -0.39 is 41.1 Å². The Hall–Kier alpha value is -3.75. The van der Waals surface area contributed by atoms with Crippen LogP contribution in [0, 0.1) is 25.7 Å². The number of likely N-dealkylation sites (tertiary alicyclic amines) is 1. The van der Waals surface area contributed by atoms with Crippen LogP contribution in [0.5, 0.6) is 0 Å². The molecule has 1 N–H and O–H groups in total. The van der Waals surface area contributed by atoms with Crippen molar-refractivity contribution in [2.45, 2.75) is 76.2 Å². The van der Waals surface area contributed by atoms with Crippen LogP contribution < -0.4 is 4.90 Å². The van der Waals surface area contributed by atoms with Crippen LogP contribution in [0.1, 0.15) is 49.3 Å². The SMILES string of the molecule is C=CCCCOC(=O)[C@@H]1[C@H]2C(=O)N([C@@H](CO)Cc3ccccc3)C(C(=O)N(CC=C)c3cc(C)ccc3C)C23CC[C@@]1(C)O3. The smallest absolute Gasteiger partial charge is 0.312 e. The zero-order valence-electron chi connectivity index (χ0n) is 26.0. The van der Waals surface area contributed by atoms with Crippen LogP contribution in [0.25, 0.3) is 0 Å². The maximum atomic E-state index is 15.0. The van der Waals surface area contributed by atoms with Gasteiger partial charge >= 0.3 is 5.97 Å². The first-order valence-corrected chi connectivity index (χ1v) is 15.6. The molecule has 2 aromatic carbocycles. The molecule has 8 nitrogen and oxygen atoms in total. The molecule has 6 atom stereocenters. The number of aliphatic hydroxyl groups is 1. The van der Waals surface area contributed by atoms with Crippen molar-refractivity contribution in [3.8, 4) is 0 Å². The average Bonchev–Trinajstić information content (AvgIpc) is 3.59. The molecule has 2 unspecified atom stereocenters. The highest BCUT2D eigenvalue weighted by atomic mass is 16.6. The molecule has 0 aromatic heterocycles. The Bertz CT molecular complexity index is 1420. The van der Waals surface area contributed by atoms with E-state index in [-0.39, 0.29) is 31.6 Å².